The van der Waals surface area contributed by atoms with E-state index in [1.165, 1.54) is 4.90 Å². The number of benzene rings is 1. The first-order valence-corrected chi connectivity index (χ1v) is 9.49. The number of rotatable bonds is 6. The Morgan fingerprint density at radius 1 is 1.17 bits per heavy atom. The number of hydrogen-bond acceptors (Lipinski definition) is 5. The van der Waals surface area contributed by atoms with E-state index in [2.05, 4.69) is 5.32 Å². The molecule has 0 spiro atoms. The molecule has 2 rings (SSSR count). The number of carbonyl (C=O) groups excluding carboxylic acids is 2. The van der Waals surface area contributed by atoms with Gasteiger partial charge in [0, 0.05) is 45.3 Å². The van der Waals surface area contributed by atoms with Crippen molar-refractivity contribution in [2.24, 2.45) is 0 Å². The summed E-state index contributed by atoms with van der Waals surface area (Å²) >= 11 is 0. The van der Waals surface area contributed by atoms with Crippen molar-refractivity contribution in [1.29, 1.82) is 0 Å². The lowest BCUT2D eigenvalue weighted by Crippen LogP contribution is -2.53. The van der Waals surface area contributed by atoms with Crippen LogP contribution in [0.2, 0.25) is 0 Å². The summed E-state index contributed by atoms with van der Waals surface area (Å²) in [4.78, 5) is 39.3. The molecule has 1 aromatic carbocycles. The van der Waals surface area contributed by atoms with Crippen LogP contribution in [0.15, 0.2) is 18.2 Å². The van der Waals surface area contributed by atoms with Crippen LogP contribution in [-0.4, -0.2) is 72.5 Å². The fraction of sp³-hybridized carbons (Fsp3) is 0.556. The number of urea groups is 1. The molecule has 0 saturated carbocycles. The third-order valence-corrected chi connectivity index (χ3v) is 4.91. The van der Waals surface area contributed by atoms with Crippen LogP contribution in [0.25, 0.3) is 0 Å². The second kappa shape index (κ2) is 9.63. The Kier molecular flexibility index (Phi) is 7.46. The minimum atomic E-state index is -4.68. The van der Waals surface area contributed by atoms with Crippen molar-refractivity contribution in [2.45, 2.75) is 20.0 Å². The number of amides is 3. The Morgan fingerprint density at radius 2 is 1.77 bits per heavy atom. The monoisotopic (exact) mass is 431 g/mol. The Labute approximate surface area is 171 Å². The summed E-state index contributed by atoms with van der Waals surface area (Å²) in [7, 11) is 0. The van der Waals surface area contributed by atoms with Crippen LogP contribution in [-0.2, 0) is 11.0 Å². The van der Waals surface area contributed by atoms with Crippen molar-refractivity contribution in [3.63, 3.8) is 0 Å². The van der Waals surface area contributed by atoms with Gasteiger partial charge in [-0.1, -0.05) is 0 Å². The molecule has 1 N–H and O–H groups in total. The van der Waals surface area contributed by atoms with Crippen LogP contribution in [0.1, 0.15) is 19.4 Å². The van der Waals surface area contributed by atoms with E-state index in [0.29, 0.717) is 19.2 Å². The zero-order valence-corrected chi connectivity index (χ0v) is 16.7. The van der Waals surface area contributed by atoms with Gasteiger partial charge in [0.05, 0.1) is 17.0 Å². The molecule has 3 amide bonds. The lowest BCUT2D eigenvalue weighted by Gasteiger charge is -2.35. The van der Waals surface area contributed by atoms with Crippen molar-refractivity contribution >= 4 is 23.3 Å². The van der Waals surface area contributed by atoms with Gasteiger partial charge in [0.15, 0.2) is 0 Å². The number of likely N-dealkylation sites (N-methyl/N-ethyl adjacent to an activating group) is 1. The first-order valence-electron chi connectivity index (χ1n) is 9.49. The molecule has 1 aliphatic heterocycles. The van der Waals surface area contributed by atoms with Gasteiger partial charge < -0.3 is 20.0 Å². The molecule has 9 nitrogen and oxygen atoms in total. The van der Waals surface area contributed by atoms with Gasteiger partial charge in [-0.3, -0.25) is 14.9 Å². The van der Waals surface area contributed by atoms with Crippen LogP contribution >= 0.6 is 0 Å². The van der Waals surface area contributed by atoms with E-state index in [1.54, 1.807) is 9.80 Å². The van der Waals surface area contributed by atoms with Crippen LogP contribution in [0.5, 0.6) is 0 Å². The zero-order chi connectivity index (χ0) is 22.5. The predicted octanol–water partition coefficient (Wildman–Crippen LogP) is 2.31. The lowest BCUT2D eigenvalue weighted by atomic mass is 10.1. The van der Waals surface area contributed by atoms with Crippen molar-refractivity contribution in [3.05, 3.63) is 33.9 Å². The second-order valence-electron chi connectivity index (χ2n) is 6.66. The maximum atomic E-state index is 12.9. The Balaban J connectivity index is 1.99. The predicted molar refractivity (Wildman–Crippen MR) is 103 cm³/mol. The highest BCUT2D eigenvalue weighted by atomic mass is 19.4. The third-order valence-electron chi connectivity index (χ3n) is 4.91. The Morgan fingerprint density at radius 3 is 2.27 bits per heavy atom. The number of hydrogen-bond donors (Lipinski definition) is 1. The molecule has 1 aromatic rings. The average molecular weight is 431 g/mol. The summed E-state index contributed by atoms with van der Waals surface area (Å²) in [6.45, 7) is 5.46. The maximum absolute atomic E-state index is 12.9. The first kappa shape index (κ1) is 23.2. The first-order chi connectivity index (χ1) is 14.1. The molecule has 0 aliphatic carbocycles. The number of carbonyl (C=O) groups is 2. The summed E-state index contributed by atoms with van der Waals surface area (Å²) in [5, 5.41) is 13.8. The molecule has 0 bridgehead atoms. The van der Waals surface area contributed by atoms with E-state index < -0.39 is 28.4 Å². The number of nitro groups is 1. The Bertz CT molecular complexity index is 791. The second-order valence-corrected chi connectivity index (χ2v) is 6.66. The quantitative estimate of drug-likeness (QED) is 0.551. The van der Waals surface area contributed by atoms with Gasteiger partial charge in [0.2, 0.25) is 5.91 Å². The van der Waals surface area contributed by atoms with Gasteiger partial charge in [-0.15, -0.1) is 0 Å². The van der Waals surface area contributed by atoms with E-state index in [0.717, 1.165) is 12.1 Å². The number of piperazine rings is 1. The molecule has 30 heavy (non-hydrogen) atoms. The van der Waals surface area contributed by atoms with Crippen LogP contribution in [0.3, 0.4) is 0 Å². The molecule has 0 atom stereocenters. The number of halogens is 3. The van der Waals surface area contributed by atoms with E-state index >= 15 is 0 Å². The Hall–Kier alpha value is -3.05. The summed E-state index contributed by atoms with van der Waals surface area (Å²) in [6.07, 6.45) is -4.68. The van der Waals surface area contributed by atoms with Gasteiger partial charge in [-0.25, -0.2) is 4.79 Å². The van der Waals surface area contributed by atoms with E-state index in [4.69, 9.17) is 0 Å². The van der Waals surface area contributed by atoms with E-state index in [-0.39, 0.29) is 44.3 Å². The van der Waals surface area contributed by atoms with Crippen molar-refractivity contribution in [2.75, 3.05) is 50.7 Å². The maximum Gasteiger partial charge on any atom is 0.416 e. The molecule has 0 unspecified atom stereocenters. The molecule has 0 aromatic heterocycles. The fourth-order valence-electron chi connectivity index (χ4n) is 3.21. The molecule has 1 saturated heterocycles. The van der Waals surface area contributed by atoms with Crippen LogP contribution < -0.4 is 10.2 Å². The van der Waals surface area contributed by atoms with Crippen molar-refractivity contribution in [1.82, 2.24) is 15.1 Å². The van der Waals surface area contributed by atoms with Crippen LogP contribution in [0.4, 0.5) is 29.3 Å². The van der Waals surface area contributed by atoms with Gasteiger partial charge in [-0.2, -0.15) is 13.2 Å². The smallest absolute Gasteiger partial charge is 0.362 e. The van der Waals surface area contributed by atoms with Crippen LogP contribution in [0, 0.1) is 10.1 Å². The largest absolute Gasteiger partial charge is 0.416 e. The number of anilines is 1. The van der Waals surface area contributed by atoms with Gasteiger partial charge in [-0.05, 0) is 26.0 Å². The average Bonchev–Trinajstić information content (AvgIpc) is 2.71. The fourth-order valence-corrected chi connectivity index (χ4v) is 3.21. The molecular formula is C18H24F3N5O4. The molecule has 0 radical (unpaired) electrons. The van der Waals surface area contributed by atoms with Crippen molar-refractivity contribution < 1.29 is 27.7 Å². The molecule has 166 valence electrons. The molecule has 1 fully saturated rings. The zero-order valence-electron chi connectivity index (χ0n) is 16.7. The van der Waals surface area contributed by atoms with Crippen molar-refractivity contribution in [3.8, 4) is 0 Å². The van der Waals surface area contributed by atoms with Gasteiger partial charge in [0.1, 0.15) is 5.69 Å². The molecule has 1 heterocycles. The minimum absolute atomic E-state index is 0.0739. The minimum Gasteiger partial charge on any atom is -0.362 e. The number of nitrogens with zero attached hydrogens (tertiary/aromatic N) is 4. The molecule has 12 heteroatoms. The number of nitrogens with one attached hydrogen (secondary N) is 1. The SMILES string of the molecule is CCN(CC)C(=O)CNC(=O)N1CCN(c2ccc(C(F)(F)F)cc2[N+](=O)[O-])CC1. The summed E-state index contributed by atoms with van der Waals surface area (Å²) in [5.41, 5.74) is -1.65. The summed E-state index contributed by atoms with van der Waals surface area (Å²) in [6, 6.07) is 1.98. The van der Waals surface area contributed by atoms with Gasteiger partial charge in [0.25, 0.3) is 5.69 Å². The van der Waals surface area contributed by atoms with E-state index in [9.17, 15) is 32.9 Å². The van der Waals surface area contributed by atoms with Gasteiger partial charge >= 0.3 is 12.2 Å². The topological polar surface area (TPSA) is 99.0 Å². The van der Waals surface area contributed by atoms with E-state index in [1.807, 2.05) is 13.8 Å². The third kappa shape index (κ3) is 5.51. The number of alkyl halides is 3. The number of nitro benzene ring substituents is 1. The highest BCUT2D eigenvalue weighted by Crippen LogP contribution is 2.36. The standard InChI is InChI=1S/C18H24F3N5O4/c1-3-23(4-2)16(27)12-22-17(28)25-9-7-24(8-10-25)14-6-5-13(18(19,20)21)11-15(14)26(29)30/h5-6,11H,3-4,7-10,12H2,1-2H3,(H,22,28). The summed E-state index contributed by atoms with van der Waals surface area (Å²) < 4.78 is 38.6. The molecular weight excluding hydrogens is 407 g/mol. The lowest BCUT2D eigenvalue weighted by molar-refractivity contribution is -0.384. The summed E-state index contributed by atoms with van der Waals surface area (Å²) in [5.74, 6) is -0.202. The normalized spacial score (nSPS) is 14.4. The highest BCUT2D eigenvalue weighted by Gasteiger charge is 2.34. The highest BCUT2D eigenvalue weighted by molar-refractivity contribution is 5.84. The molecule has 1 aliphatic rings.